The van der Waals surface area contributed by atoms with Gasteiger partial charge in [-0.2, -0.15) is 0 Å². The Balaban J connectivity index is 2.10. The van der Waals surface area contributed by atoms with E-state index in [1.807, 2.05) is 0 Å². The number of ether oxygens (including phenoxy) is 1. The molecule has 0 amide bonds. The standard InChI is InChI=1S/C10H21NO2/c1-8(7-12)6-11-9-3-4-10(5-9)13-2/h8-12H,3-7H2,1-2H3. The van der Waals surface area contributed by atoms with E-state index in [-0.39, 0.29) is 6.61 Å². The van der Waals surface area contributed by atoms with Crippen LogP contribution in [-0.4, -0.2) is 37.5 Å². The summed E-state index contributed by atoms with van der Waals surface area (Å²) < 4.78 is 5.29. The molecule has 13 heavy (non-hydrogen) atoms. The van der Waals surface area contributed by atoms with Crippen LogP contribution in [0.4, 0.5) is 0 Å². The van der Waals surface area contributed by atoms with E-state index in [9.17, 15) is 0 Å². The first-order valence-electron chi connectivity index (χ1n) is 5.13. The van der Waals surface area contributed by atoms with Gasteiger partial charge in [-0.15, -0.1) is 0 Å². The summed E-state index contributed by atoms with van der Waals surface area (Å²) >= 11 is 0. The molecule has 78 valence electrons. The minimum atomic E-state index is 0.271. The van der Waals surface area contributed by atoms with Crippen LogP contribution in [0.3, 0.4) is 0 Å². The van der Waals surface area contributed by atoms with E-state index in [1.165, 1.54) is 12.8 Å². The molecule has 1 fully saturated rings. The molecule has 0 aliphatic heterocycles. The van der Waals surface area contributed by atoms with E-state index in [2.05, 4.69) is 12.2 Å². The molecule has 0 aromatic carbocycles. The van der Waals surface area contributed by atoms with Gasteiger partial charge in [-0.05, 0) is 25.2 Å². The molecule has 0 bridgehead atoms. The smallest absolute Gasteiger partial charge is 0.0586 e. The fraction of sp³-hybridized carbons (Fsp3) is 1.00. The average Bonchev–Trinajstić information content (AvgIpc) is 2.61. The number of rotatable bonds is 5. The predicted molar refractivity (Wildman–Crippen MR) is 52.7 cm³/mol. The van der Waals surface area contributed by atoms with Gasteiger partial charge >= 0.3 is 0 Å². The maximum absolute atomic E-state index is 8.84. The highest BCUT2D eigenvalue weighted by atomic mass is 16.5. The minimum Gasteiger partial charge on any atom is -0.396 e. The number of aliphatic hydroxyl groups is 1. The first-order chi connectivity index (χ1) is 6.26. The highest BCUT2D eigenvalue weighted by Gasteiger charge is 2.23. The van der Waals surface area contributed by atoms with Crippen LogP contribution in [0.5, 0.6) is 0 Å². The molecule has 1 aliphatic carbocycles. The first-order valence-corrected chi connectivity index (χ1v) is 5.13. The fourth-order valence-corrected chi connectivity index (χ4v) is 1.77. The monoisotopic (exact) mass is 187 g/mol. The molecule has 1 aliphatic rings. The maximum atomic E-state index is 8.84. The van der Waals surface area contributed by atoms with Crippen LogP contribution in [0.15, 0.2) is 0 Å². The summed E-state index contributed by atoms with van der Waals surface area (Å²) in [7, 11) is 1.78. The van der Waals surface area contributed by atoms with Gasteiger partial charge in [0.2, 0.25) is 0 Å². The fourth-order valence-electron chi connectivity index (χ4n) is 1.77. The topological polar surface area (TPSA) is 41.5 Å². The summed E-state index contributed by atoms with van der Waals surface area (Å²) in [5.41, 5.74) is 0. The van der Waals surface area contributed by atoms with Crippen molar-refractivity contribution in [2.45, 2.75) is 38.3 Å². The van der Waals surface area contributed by atoms with Crippen LogP contribution in [-0.2, 0) is 4.74 Å². The molecule has 3 heteroatoms. The summed E-state index contributed by atoms with van der Waals surface area (Å²) in [5.74, 6) is 0.363. The Morgan fingerprint density at radius 1 is 1.54 bits per heavy atom. The molecule has 1 saturated carbocycles. The van der Waals surface area contributed by atoms with Gasteiger partial charge in [0.25, 0.3) is 0 Å². The van der Waals surface area contributed by atoms with E-state index in [4.69, 9.17) is 9.84 Å². The largest absolute Gasteiger partial charge is 0.396 e. The van der Waals surface area contributed by atoms with Gasteiger partial charge in [0, 0.05) is 26.3 Å². The molecule has 0 radical (unpaired) electrons. The molecule has 0 spiro atoms. The second-order valence-corrected chi connectivity index (χ2v) is 4.06. The molecule has 0 aromatic rings. The molecule has 3 nitrogen and oxygen atoms in total. The first kappa shape index (κ1) is 11.0. The van der Waals surface area contributed by atoms with E-state index in [1.54, 1.807) is 7.11 Å². The van der Waals surface area contributed by atoms with Crippen molar-refractivity contribution in [1.29, 1.82) is 0 Å². The van der Waals surface area contributed by atoms with Crippen LogP contribution in [0, 0.1) is 5.92 Å². The zero-order chi connectivity index (χ0) is 9.68. The number of nitrogens with one attached hydrogen (secondary N) is 1. The average molecular weight is 187 g/mol. The van der Waals surface area contributed by atoms with Crippen molar-refractivity contribution in [2.24, 2.45) is 5.92 Å². The van der Waals surface area contributed by atoms with Crippen LogP contribution >= 0.6 is 0 Å². The van der Waals surface area contributed by atoms with Crippen molar-refractivity contribution in [3.05, 3.63) is 0 Å². The summed E-state index contributed by atoms with van der Waals surface area (Å²) in [6.45, 7) is 3.24. The zero-order valence-electron chi connectivity index (χ0n) is 8.62. The molecule has 0 aromatic heterocycles. The van der Waals surface area contributed by atoms with Gasteiger partial charge in [-0.3, -0.25) is 0 Å². The van der Waals surface area contributed by atoms with Crippen molar-refractivity contribution < 1.29 is 9.84 Å². The number of hydrogen-bond donors (Lipinski definition) is 2. The third-order valence-electron chi connectivity index (χ3n) is 2.78. The molecule has 0 saturated heterocycles. The van der Waals surface area contributed by atoms with Gasteiger partial charge in [-0.1, -0.05) is 6.92 Å². The van der Waals surface area contributed by atoms with Crippen molar-refractivity contribution in [2.75, 3.05) is 20.3 Å². The van der Waals surface area contributed by atoms with Crippen LogP contribution < -0.4 is 5.32 Å². The van der Waals surface area contributed by atoms with Gasteiger partial charge in [-0.25, -0.2) is 0 Å². The molecular weight excluding hydrogens is 166 g/mol. The van der Waals surface area contributed by atoms with Crippen molar-refractivity contribution in [3.8, 4) is 0 Å². The van der Waals surface area contributed by atoms with Crippen molar-refractivity contribution >= 4 is 0 Å². The third-order valence-corrected chi connectivity index (χ3v) is 2.78. The van der Waals surface area contributed by atoms with Gasteiger partial charge in [0.05, 0.1) is 6.10 Å². The summed E-state index contributed by atoms with van der Waals surface area (Å²) in [6.07, 6.45) is 3.94. The van der Waals surface area contributed by atoms with Gasteiger partial charge < -0.3 is 15.2 Å². The minimum absolute atomic E-state index is 0.271. The predicted octanol–water partition coefficient (Wildman–Crippen LogP) is 0.772. The second kappa shape index (κ2) is 5.58. The number of hydrogen-bond acceptors (Lipinski definition) is 3. The molecule has 1 rings (SSSR count). The lowest BCUT2D eigenvalue weighted by molar-refractivity contribution is 0.106. The Kier molecular flexibility index (Phi) is 4.70. The van der Waals surface area contributed by atoms with Crippen LogP contribution in [0.25, 0.3) is 0 Å². The van der Waals surface area contributed by atoms with E-state index >= 15 is 0 Å². The highest BCUT2D eigenvalue weighted by molar-refractivity contribution is 4.81. The Labute approximate surface area is 80.5 Å². The number of aliphatic hydroxyl groups excluding tert-OH is 1. The summed E-state index contributed by atoms with van der Waals surface area (Å²) in [6, 6.07) is 0.596. The van der Waals surface area contributed by atoms with Crippen molar-refractivity contribution in [3.63, 3.8) is 0 Å². The molecule has 3 unspecified atom stereocenters. The molecule has 0 heterocycles. The lowest BCUT2D eigenvalue weighted by Gasteiger charge is -2.15. The molecule has 3 atom stereocenters. The lowest BCUT2D eigenvalue weighted by atomic mass is 10.1. The Hall–Kier alpha value is -0.120. The Bertz CT molecular complexity index is 141. The Morgan fingerprint density at radius 3 is 2.85 bits per heavy atom. The van der Waals surface area contributed by atoms with Gasteiger partial charge in [0.1, 0.15) is 0 Å². The van der Waals surface area contributed by atoms with E-state index < -0.39 is 0 Å². The van der Waals surface area contributed by atoms with Crippen LogP contribution in [0.1, 0.15) is 26.2 Å². The summed E-state index contributed by atoms with van der Waals surface area (Å²) in [5, 5.41) is 12.3. The van der Waals surface area contributed by atoms with E-state index in [0.717, 1.165) is 13.0 Å². The second-order valence-electron chi connectivity index (χ2n) is 4.06. The van der Waals surface area contributed by atoms with E-state index in [0.29, 0.717) is 18.1 Å². The highest BCUT2D eigenvalue weighted by Crippen LogP contribution is 2.21. The third kappa shape index (κ3) is 3.63. The Morgan fingerprint density at radius 2 is 2.31 bits per heavy atom. The normalized spacial score (nSPS) is 30.7. The lowest BCUT2D eigenvalue weighted by Crippen LogP contribution is -2.32. The molecule has 2 N–H and O–H groups in total. The molecular formula is C10H21NO2. The number of methoxy groups -OCH3 is 1. The van der Waals surface area contributed by atoms with Crippen LogP contribution in [0.2, 0.25) is 0 Å². The SMILES string of the molecule is COC1CCC(NCC(C)CO)C1. The van der Waals surface area contributed by atoms with Crippen molar-refractivity contribution in [1.82, 2.24) is 5.32 Å². The summed E-state index contributed by atoms with van der Waals surface area (Å²) in [4.78, 5) is 0. The quantitative estimate of drug-likeness (QED) is 0.668. The maximum Gasteiger partial charge on any atom is 0.0586 e. The van der Waals surface area contributed by atoms with Gasteiger partial charge in [0.15, 0.2) is 0 Å². The zero-order valence-corrected chi connectivity index (χ0v) is 8.62.